The van der Waals surface area contributed by atoms with Crippen molar-refractivity contribution < 1.29 is 4.79 Å². The van der Waals surface area contributed by atoms with Gasteiger partial charge in [-0.3, -0.25) is 4.79 Å². The Labute approximate surface area is 106 Å². The third-order valence-electron chi connectivity index (χ3n) is 4.00. The van der Waals surface area contributed by atoms with Crippen LogP contribution in [0.5, 0.6) is 0 Å². The molecule has 17 heavy (non-hydrogen) atoms. The van der Waals surface area contributed by atoms with E-state index in [1.807, 2.05) is 0 Å². The van der Waals surface area contributed by atoms with Crippen LogP contribution in [0.25, 0.3) is 0 Å². The summed E-state index contributed by atoms with van der Waals surface area (Å²) >= 11 is 0. The fourth-order valence-electron chi connectivity index (χ4n) is 2.71. The third kappa shape index (κ3) is 4.30. The van der Waals surface area contributed by atoms with Crippen molar-refractivity contribution >= 4 is 5.91 Å². The highest BCUT2D eigenvalue weighted by atomic mass is 16.1. The number of rotatable bonds is 7. The first-order valence-electron chi connectivity index (χ1n) is 7.02. The Morgan fingerprint density at radius 1 is 1.41 bits per heavy atom. The van der Waals surface area contributed by atoms with Crippen molar-refractivity contribution in [2.75, 3.05) is 6.54 Å². The van der Waals surface area contributed by atoms with Gasteiger partial charge in [-0.25, -0.2) is 0 Å². The summed E-state index contributed by atoms with van der Waals surface area (Å²) in [6, 6.07) is 0. The zero-order chi connectivity index (χ0) is 12.9. The summed E-state index contributed by atoms with van der Waals surface area (Å²) in [4.78, 5) is 12.0. The smallest absolute Gasteiger partial charge is 0.220 e. The van der Waals surface area contributed by atoms with Gasteiger partial charge in [0.05, 0.1) is 0 Å². The van der Waals surface area contributed by atoms with Gasteiger partial charge in [0.15, 0.2) is 0 Å². The Morgan fingerprint density at radius 2 is 2.06 bits per heavy atom. The van der Waals surface area contributed by atoms with Crippen molar-refractivity contribution in [3.05, 3.63) is 0 Å². The molecule has 3 nitrogen and oxygen atoms in total. The van der Waals surface area contributed by atoms with Crippen LogP contribution in [0.15, 0.2) is 0 Å². The number of nitrogens with one attached hydrogen (secondary N) is 1. The van der Waals surface area contributed by atoms with Crippen LogP contribution >= 0.6 is 0 Å². The molecule has 1 unspecified atom stereocenters. The standard InChI is InChI=1S/C14H28N2O/c1-4-14(6-5-7-14)16-13(17)9-12(10-15)8-11(2)3/h11-12H,4-10,15H2,1-3H3,(H,16,17). The number of nitrogens with two attached hydrogens (primary N) is 1. The number of carbonyl (C=O) groups excluding carboxylic acids is 1. The molecule has 0 aliphatic heterocycles. The van der Waals surface area contributed by atoms with Gasteiger partial charge in [0.1, 0.15) is 0 Å². The van der Waals surface area contributed by atoms with Crippen molar-refractivity contribution in [3.63, 3.8) is 0 Å². The maximum atomic E-state index is 12.0. The van der Waals surface area contributed by atoms with Crippen LogP contribution in [0.3, 0.4) is 0 Å². The van der Waals surface area contributed by atoms with E-state index in [1.54, 1.807) is 0 Å². The molecular formula is C14H28N2O. The van der Waals surface area contributed by atoms with E-state index in [-0.39, 0.29) is 11.4 Å². The quantitative estimate of drug-likeness (QED) is 0.718. The Morgan fingerprint density at radius 3 is 2.41 bits per heavy atom. The molecule has 3 N–H and O–H groups in total. The summed E-state index contributed by atoms with van der Waals surface area (Å²) in [5.41, 5.74) is 5.85. The highest BCUT2D eigenvalue weighted by molar-refractivity contribution is 5.77. The van der Waals surface area contributed by atoms with E-state index in [0.29, 0.717) is 24.8 Å². The fraction of sp³-hybridized carbons (Fsp3) is 0.929. The highest BCUT2D eigenvalue weighted by Gasteiger charge is 2.36. The minimum atomic E-state index is 0.119. The van der Waals surface area contributed by atoms with E-state index in [1.165, 1.54) is 6.42 Å². The van der Waals surface area contributed by atoms with E-state index in [0.717, 1.165) is 25.7 Å². The molecule has 0 saturated heterocycles. The number of hydrogen-bond acceptors (Lipinski definition) is 2. The van der Waals surface area contributed by atoms with Crippen LogP contribution in [-0.2, 0) is 4.79 Å². The molecule has 3 heteroatoms. The van der Waals surface area contributed by atoms with Crippen molar-refractivity contribution in [2.24, 2.45) is 17.6 Å². The number of hydrogen-bond donors (Lipinski definition) is 2. The van der Waals surface area contributed by atoms with Gasteiger partial charge in [0.25, 0.3) is 0 Å². The van der Waals surface area contributed by atoms with E-state index in [4.69, 9.17) is 5.73 Å². The van der Waals surface area contributed by atoms with Crippen LogP contribution in [0.4, 0.5) is 0 Å². The maximum Gasteiger partial charge on any atom is 0.220 e. The minimum Gasteiger partial charge on any atom is -0.351 e. The zero-order valence-corrected chi connectivity index (χ0v) is 11.6. The van der Waals surface area contributed by atoms with Crippen LogP contribution in [0.1, 0.15) is 59.3 Å². The van der Waals surface area contributed by atoms with E-state index >= 15 is 0 Å². The summed E-state index contributed by atoms with van der Waals surface area (Å²) in [6.07, 6.45) is 6.23. The average Bonchev–Trinajstić information content (AvgIpc) is 2.21. The molecule has 1 fully saturated rings. The van der Waals surface area contributed by atoms with Crippen molar-refractivity contribution in [2.45, 2.75) is 64.8 Å². The molecule has 100 valence electrons. The average molecular weight is 240 g/mol. The minimum absolute atomic E-state index is 0.119. The van der Waals surface area contributed by atoms with Crippen molar-refractivity contribution in [1.82, 2.24) is 5.32 Å². The van der Waals surface area contributed by atoms with Gasteiger partial charge < -0.3 is 11.1 Å². The molecule has 1 aliphatic carbocycles. The second kappa shape index (κ2) is 6.39. The normalized spacial score (nSPS) is 19.8. The van der Waals surface area contributed by atoms with Crippen molar-refractivity contribution in [3.8, 4) is 0 Å². The Balaban J connectivity index is 2.36. The van der Waals surface area contributed by atoms with Crippen LogP contribution in [-0.4, -0.2) is 18.0 Å². The summed E-state index contributed by atoms with van der Waals surface area (Å²) in [7, 11) is 0. The third-order valence-corrected chi connectivity index (χ3v) is 4.00. The summed E-state index contributed by atoms with van der Waals surface area (Å²) in [5, 5.41) is 3.22. The van der Waals surface area contributed by atoms with Crippen LogP contribution in [0, 0.1) is 11.8 Å². The van der Waals surface area contributed by atoms with Gasteiger partial charge in [-0.2, -0.15) is 0 Å². The molecule has 0 radical (unpaired) electrons. The lowest BCUT2D eigenvalue weighted by Crippen LogP contribution is -2.53. The molecule has 0 bridgehead atoms. The predicted octanol–water partition coefficient (Wildman–Crippen LogP) is 2.45. The summed E-state index contributed by atoms with van der Waals surface area (Å²) in [6.45, 7) is 7.14. The Kier molecular flexibility index (Phi) is 5.44. The molecule has 0 spiro atoms. The fourth-order valence-corrected chi connectivity index (χ4v) is 2.71. The molecule has 0 aromatic rings. The summed E-state index contributed by atoms with van der Waals surface area (Å²) < 4.78 is 0. The molecule has 0 heterocycles. The van der Waals surface area contributed by atoms with Crippen LogP contribution in [0.2, 0.25) is 0 Å². The van der Waals surface area contributed by atoms with Gasteiger partial charge in [0, 0.05) is 12.0 Å². The topological polar surface area (TPSA) is 55.1 Å². The Hall–Kier alpha value is -0.570. The lowest BCUT2D eigenvalue weighted by atomic mass is 9.74. The van der Waals surface area contributed by atoms with E-state index < -0.39 is 0 Å². The predicted molar refractivity (Wildman–Crippen MR) is 71.6 cm³/mol. The summed E-state index contributed by atoms with van der Waals surface area (Å²) in [5.74, 6) is 1.15. The molecule has 1 aliphatic rings. The van der Waals surface area contributed by atoms with Gasteiger partial charge in [-0.1, -0.05) is 20.8 Å². The second-order valence-electron chi connectivity index (χ2n) is 5.97. The SMILES string of the molecule is CCC1(NC(=O)CC(CN)CC(C)C)CCC1. The highest BCUT2D eigenvalue weighted by Crippen LogP contribution is 2.34. The van der Waals surface area contributed by atoms with Gasteiger partial charge in [-0.15, -0.1) is 0 Å². The van der Waals surface area contributed by atoms with Crippen LogP contribution < -0.4 is 11.1 Å². The molecule has 0 aromatic heterocycles. The second-order valence-corrected chi connectivity index (χ2v) is 5.97. The Bertz CT molecular complexity index is 241. The monoisotopic (exact) mass is 240 g/mol. The first-order valence-corrected chi connectivity index (χ1v) is 7.02. The van der Waals surface area contributed by atoms with E-state index in [9.17, 15) is 4.79 Å². The van der Waals surface area contributed by atoms with Gasteiger partial charge >= 0.3 is 0 Å². The van der Waals surface area contributed by atoms with Gasteiger partial charge in [0.2, 0.25) is 5.91 Å². The lowest BCUT2D eigenvalue weighted by molar-refractivity contribution is -0.125. The largest absolute Gasteiger partial charge is 0.351 e. The molecule has 1 atom stereocenters. The lowest BCUT2D eigenvalue weighted by Gasteiger charge is -2.42. The molecule has 0 aromatic carbocycles. The number of amides is 1. The maximum absolute atomic E-state index is 12.0. The molecule has 1 amide bonds. The van der Waals surface area contributed by atoms with Crippen molar-refractivity contribution in [1.29, 1.82) is 0 Å². The zero-order valence-electron chi connectivity index (χ0n) is 11.6. The molecular weight excluding hydrogens is 212 g/mol. The van der Waals surface area contributed by atoms with Gasteiger partial charge in [-0.05, 0) is 50.5 Å². The molecule has 1 saturated carbocycles. The molecule has 1 rings (SSSR count). The number of carbonyl (C=O) groups is 1. The first-order chi connectivity index (χ1) is 8.01. The van der Waals surface area contributed by atoms with E-state index in [2.05, 4.69) is 26.1 Å². The first kappa shape index (κ1) is 14.5.